The van der Waals surface area contributed by atoms with Crippen LogP contribution in [0.5, 0.6) is 0 Å². The second-order valence-electron chi connectivity index (χ2n) is 6.31. The molecule has 1 heterocycles. The van der Waals surface area contributed by atoms with Crippen LogP contribution in [0, 0.1) is 6.92 Å². The van der Waals surface area contributed by atoms with Gasteiger partial charge in [-0.1, -0.05) is 17.7 Å². The number of carbonyl (C=O) groups excluding carboxylic acids is 1. The number of likely N-dealkylation sites (N-methyl/N-ethyl adjacent to an activating group) is 1. The van der Waals surface area contributed by atoms with Crippen LogP contribution in [0.1, 0.15) is 15.9 Å². The molecule has 3 rings (SSSR count). The molecule has 0 unspecified atom stereocenters. The average molecular weight is 310 g/mol. The highest BCUT2D eigenvalue weighted by atomic mass is 16.1. The van der Waals surface area contributed by atoms with Crippen LogP contribution in [0.4, 0.5) is 11.4 Å². The van der Waals surface area contributed by atoms with Crippen LogP contribution in [-0.4, -0.2) is 39.1 Å². The maximum atomic E-state index is 12.2. The highest BCUT2D eigenvalue weighted by molar-refractivity contribution is 6.04. The largest absolute Gasteiger partial charge is 0.360 e. The van der Waals surface area contributed by atoms with Crippen molar-refractivity contribution in [3.63, 3.8) is 0 Å². The first-order chi connectivity index (χ1) is 11.1. The van der Waals surface area contributed by atoms with Crippen molar-refractivity contribution >= 4 is 17.3 Å². The monoisotopic (exact) mass is 310 g/mol. The van der Waals surface area contributed by atoms with Crippen molar-refractivity contribution in [2.75, 3.05) is 43.4 Å². The first kappa shape index (κ1) is 15.6. The van der Waals surface area contributed by atoms with E-state index in [1.54, 1.807) is 4.90 Å². The molecule has 1 saturated heterocycles. The van der Waals surface area contributed by atoms with E-state index in [2.05, 4.69) is 29.4 Å². The summed E-state index contributed by atoms with van der Waals surface area (Å²) in [4.78, 5) is 16.2. The number of hydrogen-bond acceptors (Lipinski definition) is 2. The van der Waals surface area contributed by atoms with Crippen LogP contribution in [0.25, 0.3) is 0 Å². The van der Waals surface area contributed by atoms with Gasteiger partial charge >= 0.3 is 0 Å². The summed E-state index contributed by atoms with van der Waals surface area (Å²) in [6.45, 7) is 6.53. The van der Waals surface area contributed by atoms with Crippen LogP contribution in [-0.2, 0) is 0 Å². The Bertz CT molecular complexity index is 656. The van der Waals surface area contributed by atoms with Gasteiger partial charge in [-0.3, -0.25) is 4.79 Å². The van der Waals surface area contributed by atoms with Gasteiger partial charge in [0.05, 0.1) is 33.2 Å². The molecule has 1 aliphatic rings. The number of benzene rings is 2. The molecule has 2 aromatic carbocycles. The molecular formula is C19H24N3O+. The van der Waals surface area contributed by atoms with Gasteiger partial charge in [0.15, 0.2) is 0 Å². The fourth-order valence-corrected chi connectivity index (χ4v) is 2.81. The molecule has 23 heavy (non-hydrogen) atoms. The van der Waals surface area contributed by atoms with Crippen LogP contribution < -0.4 is 15.1 Å². The number of aryl methyl sites for hydroxylation is 1. The van der Waals surface area contributed by atoms with Crippen molar-refractivity contribution in [2.24, 2.45) is 0 Å². The summed E-state index contributed by atoms with van der Waals surface area (Å²) < 4.78 is 0. The molecule has 0 atom stereocenters. The topological polar surface area (TPSA) is 36.8 Å². The fourth-order valence-electron chi connectivity index (χ4n) is 2.81. The third kappa shape index (κ3) is 3.90. The SMILES string of the molecule is Cc1ccc(C(=O)Nc2ccc(N3CC[NH+](C)CC3)cc2)cc1. The smallest absolute Gasteiger partial charge is 0.255 e. The van der Waals surface area contributed by atoms with E-state index in [0.29, 0.717) is 5.56 Å². The Kier molecular flexibility index (Phi) is 4.63. The molecule has 0 aromatic heterocycles. The summed E-state index contributed by atoms with van der Waals surface area (Å²) in [5, 5.41) is 2.95. The quantitative estimate of drug-likeness (QED) is 0.903. The number of carbonyl (C=O) groups is 1. The van der Waals surface area contributed by atoms with Crippen molar-refractivity contribution in [1.82, 2.24) is 0 Å². The molecule has 0 radical (unpaired) electrons. The van der Waals surface area contributed by atoms with Gasteiger partial charge in [0.1, 0.15) is 0 Å². The molecule has 1 fully saturated rings. The maximum Gasteiger partial charge on any atom is 0.255 e. The van der Waals surface area contributed by atoms with Crippen LogP contribution in [0.2, 0.25) is 0 Å². The Morgan fingerprint density at radius 2 is 1.61 bits per heavy atom. The van der Waals surface area contributed by atoms with E-state index in [-0.39, 0.29) is 5.91 Å². The lowest BCUT2D eigenvalue weighted by Gasteiger charge is -2.31. The number of hydrogen-bond donors (Lipinski definition) is 2. The highest BCUT2D eigenvalue weighted by Crippen LogP contribution is 2.18. The Hall–Kier alpha value is -2.33. The lowest BCUT2D eigenvalue weighted by Crippen LogP contribution is -3.12. The number of nitrogens with zero attached hydrogens (tertiary/aromatic N) is 1. The van der Waals surface area contributed by atoms with E-state index in [4.69, 9.17) is 0 Å². The predicted octanol–water partition coefficient (Wildman–Crippen LogP) is 1.58. The second-order valence-corrected chi connectivity index (χ2v) is 6.31. The van der Waals surface area contributed by atoms with Crippen LogP contribution in [0.3, 0.4) is 0 Å². The Morgan fingerprint density at radius 3 is 2.22 bits per heavy atom. The minimum Gasteiger partial charge on any atom is -0.360 e. The number of rotatable bonds is 3. The van der Waals surface area contributed by atoms with E-state index in [0.717, 1.165) is 24.3 Å². The van der Waals surface area contributed by atoms with Crippen LogP contribution >= 0.6 is 0 Å². The second kappa shape index (κ2) is 6.84. The first-order valence-corrected chi connectivity index (χ1v) is 8.16. The van der Waals surface area contributed by atoms with E-state index in [1.807, 2.05) is 43.3 Å². The minimum atomic E-state index is -0.0686. The third-order valence-electron chi connectivity index (χ3n) is 4.42. The Morgan fingerprint density at radius 1 is 1.00 bits per heavy atom. The summed E-state index contributed by atoms with van der Waals surface area (Å²) in [6.07, 6.45) is 0. The fraction of sp³-hybridized carbons (Fsp3) is 0.316. The van der Waals surface area contributed by atoms with Gasteiger partial charge in [0.25, 0.3) is 5.91 Å². The highest BCUT2D eigenvalue weighted by Gasteiger charge is 2.16. The molecule has 0 saturated carbocycles. The molecule has 0 bridgehead atoms. The Labute approximate surface area is 137 Å². The van der Waals surface area contributed by atoms with Crippen molar-refractivity contribution in [3.8, 4) is 0 Å². The number of anilines is 2. The summed E-state index contributed by atoms with van der Waals surface area (Å²) >= 11 is 0. The third-order valence-corrected chi connectivity index (χ3v) is 4.42. The predicted molar refractivity (Wildman–Crippen MR) is 94.4 cm³/mol. The number of piperazine rings is 1. The number of quaternary nitrogens is 1. The van der Waals surface area contributed by atoms with Crippen molar-refractivity contribution in [2.45, 2.75) is 6.92 Å². The zero-order valence-electron chi connectivity index (χ0n) is 13.8. The zero-order valence-corrected chi connectivity index (χ0v) is 13.8. The van der Waals surface area contributed by atoms with E-state index in [1.165, 1.54) is 18.8 Å². The van der Waals surface area contributed by atoms with Crippen molar-refractivity contribution in [3.05, 3.63) is 59.7 Å². The molecule has 0 spiro atoms. The van der Waals surface area contributed by atoms with Gasteiger partial charge in [-0.15, -0.1) is 0 Å². The number of nitrogens with one attached hydrogen (secondary N) is 2. The van der Waals surface area contributed by atoms with E-state index in [9.17, 15) is 4.79 Å². The first-order valence-electron chi connectivity index (χ1n) is 8.16. The van der Waals surface area contributed by atoms with Gasteiger partial charge in [-0.2, -0.15) is 0 Å². The van der Waals surface area contributed by atoms with Gasteiger partial charge in [-0.25, -0.2) is 0 Å². The van der Waals surface area contributed by atoms with E-state index < -0.39 is 0 Å². The lowest BCUT2D eigenvalue weighted by atomic mass is 10.1. The van der Waals surface area contributed by atoms with Gasteiger partial charge in [-0.05, 0) is 43.3 Å². The Balaban J connectivity index is 1.63. The molecule has 2 N–H and O–H groups in total. The molecule has 1 amide bonds. The molecule has 120 valence electrons. The standard InChI is InChI=1S/C19H23N3O/c1-15-3-5-16(6-4-15)19(23)20-17-7-9-18(10-8-17)22-13-11-21(2)12-14-22/h3-10H,11-14H2,1-2H3,(H,20,23)/p+1. The molecule has 1 aliphatic heterocycles. The maximum absolute atomic E-state index is 12.2. The normalized spacial score (nSPS) is 15.5. The molecule has 0 aliphatic carbocycles. The molecule has 4 heteroatoms. The summed E-state index contributed by atoms with van der Waals surface area (Å²) in [5.41, 5.74) is 3.89. The van der Waals surface area contributed by atoms with Gasteiger partial charge in [0.2, 0.25) is 0 Å². The summed E-state index contributed by atoms with van der Waals surface area (Å²) in [5.74, 6) is -0.0686. The van der Waals surface area contributed by atoms with Gasteiger partial charge in [0, 0.05) is 16.9 Å². The molecular weight excluding hydrogens is 286 g/mol. The van der Waals surface area contributed by atoms with Crippen molar-refractivity contribution < 1.29 is 9.69 Å². The van der Waals surface area contributed by atoms with Crippen LogP contribution in [0.15, 0.2) is 48.5 Å². The summed E-state index contributed by atoms with van der Waals surface area (Å²) in [6, 6.07) is 15.7. The van der Waals surface area contributed by atoms with E-state index >= 15 is 0 Å². The zero-order chi connectivity index (χ0) is 16.2. The lowest BCUT2D eigenvalue weighted by molar-refractivity contribution is -0.880. The molecule has 4 nitrogen and oxygen atoms in total. The molecule has 2 aromatic rings. The minimum absolute atomic E-state index is 0.0686. The number of amides is 1. The summed E-state index contributed by atoms with van der Waals surface area (Å²) in [7, 11) is 2.24. The van der Waals surface area contributed by atoms with Gasteiger partial charge < -0.3 is 15.1 Å². The van der Waals surface area contributed by atoms with Crippen molar-refractivity contribution in [1.29, 1.82) is 0 Å². The average Bonchev–Trinajstić information content (AvgIpc) is 2.57.